The van der Waals surface area contributed by atoms with E-state index in [0.717, 1.165) is 0 Å². The third kappa shape index (κ3) is 3.66. The predicted molar refractivity (Wildman–Crippen MR) is 77.4 cm³/mol. The van der Waals surface area contributed by atoms with Crippen LogP contribution in [0.3, 0.4) is 0 Å². The van der Waals surface area contributed by atoms with Crippen LogP contribution in [0.4, 0.5) is 0 Å². The van der Waals surface area contributed by atoms with Crippen molar-refractivity contribution in [3.63, 3.8) is 0 Å². The molecule has 0 aromatic carbocycles. The van der Waals surface area contributed by atoms with Crippen LogP contribution >= 0.6 is 11.8 Å². The van der Waals surface area contributed by atoms with Gasteiger partial charge in [-0.15, -0.1) is 0 Å². The van der Waals surface area contributed by atoms with Crippen LogP contribution in [0.5, 0.6) is 0 Å². The van der Waals surface area contributed by atoms with Gasteiger partial charge < -0.3 is 60.5 Å². The lowest BCUT2D eigenvalue weighted by Crippen LogP contribution is -2.69. The second-order valence-electron chi connectivity index (χ2n) is 5.89. The van der Waals surface area contributed by atoms with Crippen molar-refractivity contribution in [1.29, 1.82) is 0 Å². The number of aliphatic hydroxyl groups is 10. The van der Waals surface area contributed by atoms with E-state index in [0.29, 0.717) is 0 Å². The summed E-state index contributed by atoms with van der Waals surface area (Å²) in [5.41, 5.74) is 0. The van der Waals surface area contributed by atoms with Crippen molar-refractivity contribution in [2.24, 2.45) is 0 Å². The highest BCUT2D eigenvalue weighted by Gasteiger charge is 2.62. The van der Waals surface area contributed by atoms with Crippen molar-refractivity contribution in [2.45, 2.75) is 59.1 Å². The molecule has 2 saturated heterocycles. The van der Waals surface area contributed by atoms with Crippen LogP contribution in [-0.4, -0.2) is 123 Å². The molecule has 0 aromatic rings. The van der Waals surface area contributed by atoms with Crippen LogP contribution in [0, 0.1) is 0 Å². The molecule has 2 fully saturated rings. The average Bonchev–Trinajstić information content (AvgIpc) is 2.58. The summed E-state index contributed by atoms with van der Waals surface area (Å²) in [4.78, 5) is 0. The Morgan fingerprint density at radius 1 is 0.640 bits per heavy atom. The highest BCUT2D eigenvalue weighted by atomic mass is 32.2. The van der Waals surface area contributed by atoms with Crippen molar-refractivity contribution < 1.29 is 60.5 Å². The fourth-order valence-corrected chi connectivity index (χ4v) is 3.91. The lowest BCUT2D eigenvalue weighted by atomic mass is 9.99. The van der Waals surface area contributed by atoms with Crippen LogP contribution in [0.15, 0.2) is 0 Å². The molecule has 0 spiro atoms. The third-order valence-corrected chi connectivity index (χ3v) is 5.41. The van der Waals surface area contributed by atoms with Gasteiger partial charge >= 0.3 is 0 Å². The van der Waals surface area contributed by atoms with Crippen LogP contribution < -0.4 is 0 Å². The summed E-state index contributed by atoms with van der Waals surface area (Å²) in [6.45, 7) is -1.73. The molecule has 148 valence electrons. The quantitative estimate of drug-likeness (QED) is 0.202. The largest absolute Gasteiger partial charge is 0.394 e. The van der Waals surface area contributed by atoms with Crippen molar-refractivity contribution >= 4 is 11.8 Å². The van der Waals surface area contributed by atoms with Crippen molar-refractivity contribution in [1.82, 2.24) is 0 Å². The molecule has 2 unspecified atom stereocenters. The standard InChI is InChI=1S/C12H22O12S/c13-1-3-5(15)7(17)9(19)11(21,23-3)25-12(22)10(20)8(18)6(16)4(2-14)24-12/h3-10,13-22H,1-2H2/t3-,4-,5+,6+,7+,8+,9-,10-,11?,12?/m1/s1. The van der Waals surface area contributed by atoms with Gasteiger partial charge in [-0.2, -0.15) is 0 Å². The zero-order valence-electron chi connectivity index (χ0n) is 12.7. The zero-order chi connectivity index (χ0) is 19.2. The topological polar surface area (TPSA) is 221 Å². The molecule has 0 saturated carbocycles. The Morgan fingerprint density at radius 2 is 0.960 bits per heavy atom. The van der Waals surface area contributed by atoms with E-state index < -0.39 is 72.3 Å². The Balaban J connectivity index is 2.28. The fraction of sp³-hybridized carbons (Fsp3) is 1.00. The molecule has 10 atom stereocenters. The molecular weight excluding hydrogens is 368 g/mol. The SMILES string of the molecule is OC[C@H]1OC(O)(SC2(O)O[C@H](CO)[C@H](O)[C@H](O)[C@H]2O)[C@H](O)[C@@H](O)[C@H]1O. The Labute approximate surface area is 145 Å². The molecule has 25 heavy (non-hydrogen) atoms. The van der Waals surface area contributed by atoms with E-state index in [1.54, 1.807) is 0 Å². The monoisotopic (exact) mass is 390 g/mol. The first kappa shape index (κ1) is 21.2. The number of hydrogen-bond acceptors (Lipinski definition) is 13. The summed E-state index contributed by atoms with van der Waals surface area (Å²) in [7, 11) is 0. The van der Waals surface area contributed by atoms with Gasteiger partial charge in [0.15, 0.2) is 0 Å². The minimum atomic E-state index is -2.89. The van der Waals surface area contributed by atoms with E-state index in [4.69, 9.17) is 19.7 Å². The molecule has 2 rings (SSSR count). The molecule has 2 heterocycles. The van der Waals surface area contributed by atoms with Crippen molar-refractivity contribution in [3.8, 4) is 0 Å². The molecule has 0 radical (unpaired) electrons. The van der Waals surface area contributed by atoms with Gasteiger partial charge in [-0.25, -0.2) is 0 Å². The fourth-order valence-electron chi connectivity index (χ4n) is 2.63. The first-order chi connectivity index (χ1) is 11.5. The molecule has 10 N–H and O–H groups in total. The summed E-state index contributed by atoms with van der Waals surface area (Å²) in [5, 5.41) is 92.1. The van der Waals surface area contributed by atoms with Crippen LogP contribution in [0.1, 0.15) is 0 Å². The van der Waals surface area contributed by atoms with E-state index in [1.165, 1.54) is 0 Å². The smallest absolute Gasteiger partial charge is 0.250 e. The third-order valence-electron chi connectivity index (χ3n) is 4.15. The van der Waals surface area contributed by atoms with E-state index in [2.05, 4.69) is 0 Å². The lowest BCUT2D eigenvalue weighted by molar-refractivity contribution is -0.324. The Morgan fingerprint density at radius 3 is 1.24 bits per heavy atom. The minimum absolute atomic E-state index is 0.186. The molecule has 2 aliphatic rings. The molecule has 0 aromatic heterocycles. The highest BCUT2D eigenvalue weighted by molar-refractivity contribution is 8.01. The second kappa shape index (κ2) is 7.47. The van der Waals surface area contributed by atoms with Gasteiger partial charge in [-0.1, -0.05) is 0 Å². The predicted octanol–water partition coefficient (Wildman–Crippen LogP) is -6.04. The number of rotatable bonds is 4. The first-order valence-corrected chi connectivity index (χ1v) is 8.13. The van der Waals surface area contributed by atoms with Crippen LogP contribution in [-0.2, 0) is 9.47 Å². The van der Waals surface area contributed by atoms with E-state index in [-0.39, 0.29) is 11.8 Å². The van der Waals surface area contributed by atoms with E-state index >= 15 is 0 Å². The van der Waals surface area contributed by atoms with Gasteiger partial charge in [0.05, 0.1) is 13.2 Å². The van der Waals surface area contributed by atoms with Gasteiger partial charge in [0, 0.05) is 0 Å². The van der Waals surface area contributed by atoms with Gasteiger partial charge in [0.25, 0.3) is 10.2 Å². The van der Waals surface area contributed by atoms with E-state index in [1.807, 2.05) is 0 Å². The molecule has 0 amide bonds. The molecular formula is C12H22O12S. The maximum absolute atomic E-state index is 10.4. The lowest BCUT2D eigenvalue weighted by Gasteiger charge is -2.50. The Hall–Kier alpha value is -0.130. The van der Waals surface area contributed by atoms with Gasteiger partial charge in [0.2, 0.25) is 0 Å². The zero-order valence-corrected chi connectivity index (χ0v) is 13.5. The summed E-state index contributed by atoms with van der Waals surface area (Å²) < 4.78 is 9.83. The van der Waals surface area contributed by atoms with Gasteiger partial charge in [-0.05, 0) is 11.8 Å². The van der Waals surface area contributed by atoms with Gasteiger partial charge in [-0.3, -0.25) is 0 Å². The molecule has 0 aliphatic carbocycles. The Kier molecular flexibility index (Phi) is 6.33. The maximum atomic E-state index is 10.4. The molecule has 2 aliphatic heterocycles. The number of hydrogen-bond donors (Lipinski definition) is 10. The minimum Gasteiger partial charge on any atom is -0.394 e. The summed E-state index contributed by atoms with van der Waals surface area (Å²) in [5.74, 6) is 0. The number of ether oxygens (including phenoxy) is 2. The summed E-state index contributed by atoms with van der Waals surface area (Å²) in [6.07, 6.45) is -15.0. The second-order valence-corrected chi connectivity index (χ2v) is 7.27. The van der Waals surface area contributed by atoms with Crippen LogP contribution in [0.25, 0.3) is 0 Å². The number of aliphatic hydroxyl groups excluding tert-OH is 8. The molecule has 13 heteroatoms. The average molecular weight is 390 g/mol. The number of thioether (sulfide) groups is 1. The normalized spacial score (nSPS) is 54.5. The maximum Gasteiger partial charge on any atom is 0.250 e. The van der Waals surface area contributed by atoms with E-state index in [9.17, 15) is 40.9 Å². The van der Waals surface area contributed by atoms with Gasteiger partial charge in [0.1, 0.15) is 48.8 Å². The Bertz CT molecular complexity index is 425. The summed E-state index contributed by atoms with van der Waals surface area (Å²) in [6, 6.07) is 0. The highest BCUT2D eigenvalue weighted by Crippen LogP contribution is 2.47. The summed E-state index contributed by atoms with van der Waals surface area (Å²) >= 11 is -0.186. The molecule has 12 nitrogen and oxygen atoms in total. The molecule has 0 bridgehead atoms. The van der Waals surface area contributed by atoms with Crippen molar-refractivity contribution in [2.75, 3.05) is 13.2 Å². The van der Waals surface area contributed by atoms with Crippen LogP contribution in [0.2, 0.25) is 0 Å². The first-order valence-electron chi connectivity index (χ1n) is 7.31. The van der Waals surface area contributed by atoms with Crippen molar-refractivity contribution in [3.05, 3.63) is 0 Å².